The Bertz CT molecular complexity index is 1550. The minimum Gasteiger partial charge on any atom is -0.352 e. The van der Waals surface area contributed by atoms with Gasteiger partial charge < -0.3 is 15.1 Å². The molecule has 41 heavy (non-hydrogen) atoms. The standard InChI is InChI=1S/C30H31F2N7O2/c1-37-9-11-38(12-10-37)8-7-28(40)33-17-22-18-34-30(35-19-22)23-4-2-3-21(13-23)20-39-29(41)6-5-27(36-39)24-14-25(31)16-26(32)15-24/h2-6,13-16,18-19H,7-12,17,20H2,1H3,(H,33,40). The molecule has 2 aromatic carbocycles. The first kappa shape index (κ1) is 28.2. The molecule has 1 N–H and O–H groups in total. The number of piperazine rings is 1. The first-order valence-corrected chi connectivity index (χ1v) is 13.4. The van der Waals surface area contributed by atoms with Crippen molar-refractivity contribution in [2.45, 2.75) is 19.5 Å². The molecular weight excluding hydrogens is 528 g/mol. The summed E-state index contributed by atoms with van der Waals surface area (Å²) in [6.45, 7) is 5.26. The van der Waals surface area contributed by atoms with Crippen molar-refractivity contribution in [2.24, 2.45) is 0 Å². The van der Waals surface area contributed by atoms with E-state index in [1.165, 1.54) is 28.9 Å². The van der Waals surface area contributed by atoms with E-state index in [0.29, 0.717) is 18.8 Å². The molecule has 1 aliphatic rings. The molecule has 212 valence electrons. The number of amides is 1. The molecule has 0 atom stereocenters. The fourth-order valence-electron chi connectivity index (χ4n) is 4.61. The van der Waals surface area contributed by atoms with E-state index in [4.69, 9.17) is 0 Å². The molecule has 1 amide bonds. The Morgan fingerprint density at radius 1 is 0.902 bits per heavy atom. The molecule has 0 bridgehead atoms. The number of halogens is 2. The normalized spacial score (nSPS) is 14.2. The van der Waals surface area contributed by atoms with E-state index in [0.717, 1.165) is 55.5 Å². The number of aromatic nitrogens is 4. The van der Waals surface area contributed by atoms with Crippen LogP contribution in [-0.4, -0.2) is 75.2 Å². The molecule has 5 rings (SSSR count). The number of hydrogen-bond acceptors (Lipinski definition) is 7. The molecule has 9 nitrogen and oxygen atoms in total. The Morgan fingerprint density at radius 2 is 1.63 bits per heavy atom. The Labute approximate surface area is 236 Å². The number of likely N-dealkylation sites (N-methyl/N-ethyl adjacent to an activating group) is 1. The van der Waals surface area contributed by atoms with Crippen LogP contribution in [0.3, 0.4) is 0 Å². The van der Waals surface area contributed by atoms with Crippen LogP contribution in [0.1, 0.15) is 17.5 Å². The topological polar surface area (TPSA) is 96.2 Å². The van der Waals surface area contributed by atoms with Crippen LogP contribution < -0.4 is 10.9 Å². The van der Waals surface area contributed by atoms with Crippen molar-refractivity contribution in [1.29, 1.82) is 0 Å². The van der Waals surface area contributed by atoms with Gasteiger partial charge in [-0.15, -0.1) is 0 Å². The van der Waals surface area contributed by atoms with Crippen molar-refractivity contribution in [3.8, 4) is 22.6 Å². The zero-order chi connectivity index (χ0) is 28.8. The molecule has 1 saturated heterocycles. The maximum absolute atomic E-state index is 13.7. The quantitative estimate of drug-likeness (QED) is 0.337. The summed E-state index contributed by atoms with van der Waals surface area (Å²) in [5.74, 6) is -0.943. The number of nitrogens with one attached hydrogen (secondary N) is 1. The van der Waals surface area contributed by atoms with Gasteiger partial charge in [-0.3, -0.25) is 9.59 Å². The lowest BCUT2D eigenvalue weighted by atomic mass is 10.1. The number of carbonyl (C=O) groups excluding carboxylic acids is 1. The predicted octanol–water partition coefficient (Wildman–Crippen LogP) is 2.95. The van der Waals surface area contributed by atoms with Crippen molar-refractivity contribution in [1.82, 2.24) is 34.9 Å². The Balaban J connectivity index is 1.19. The van der Waals surface area contributed by atoms with Crippen LogP contribution in [0.5, 0.6) is 0 Å². The van der Waals surface area contributed by atoms with Gasteiger partial charge in [-0.2, -0.15) is 5.10 Å². The summed E-state index contributed by atoms with van der Waals surface area (Å²) in [6, 6.07) is 13.3. The van der Waals surface area contributed by atoms with Crippen molar-refractivity contribution in [3.63, 3.8) is 0 Å². The average molecular weight is 560 g/mol. The van der Waals surface area contributed by atoms with Crippen LogP contribution in [0.2, 0.25) is 0 Å². The SMILES string of the molecule is CN1CCN(CCC(=O)NCc2cnc(-c3cccc(Cn4nc(-c5cc(F)cc(F)c5)ccc4=O)c3)nc2)CC1. The van der Waals surface area contributed by atoms with Gasteiger partial charge in [0.2, 0.25) is 5.91 Å². The minimum atomic E-state index is -0.720. The Kier molecular flexibility index (Phi) is 8.85. The third-order valence-corrected chi connectivity index (χ3v) is 6.99. The van der Waals surface area contributed by atoms with E-state index in [9.17, 15) is 18.4 Å². The van der Waals surface area contributed by atoms with Gasteiger partial charge in [-0.25, -0.2) is 23.4 Å². The zero-order valence-corrected chi connectivity index (χ0v) is 22.8. The molecule has 1 fully saturated rings. The van der Waals surface area contributed by atoms with Crippen LogP contribution in [0.25, 0.3) is 22.6 Å². The Hall–Kier alpha value is -4.35. The van der Waals surface area contributed by atoms with Gasteiger partial charge >= 0.3 is 0 Å². The van der Waals surface area contributed by atoms with E-state index in [1.807, 2.05) is 24.3 Å². The molecule has 1 aliphatic heterocycles. The second-order valence-corrected chi connectivity index (χ2v) is 10.2. The number of rotatable bonds is 9. The van der Waals surface area contributed by atoms with Gasteiger partial charge in [0.1, 0.15) is 11.6 Å². The highest BCUT2D eigenvalue weighted by Crippen LogP contribution is 2.20. The highest BCUT2D eigenvalue weighted by Gasteiger charge is 2.15. The third kappa shape index (κ3) is 7.65. The van der Waals surface area contributed by atoms with Gasteiger partial charge in [-0.1, -0.05) is 18.2 Å². The van der Waals surface area contributed by atoms with Crippen molar-refractivity contribution < 1.29 is 13.6 Å². The second kappa shape index (κ2) is 12.9. The van der Waals surface area contributed by atoms with E-state index in [-0.39, 0.29) is 29.3 Å². The van der Waals surface area contributed by atoms with Crippen LogP contribution >= 0.6 is 0 Å². The van der Waals surface area contributed by atoms with Gasteiger partial charge in [0, 0.05) is 86.9 Å². The van der Waals surface area contributed by atoms with Crippen LogP contribution in [0.15, 0.2) is 71.8 Å². The van der Waals surface area contributed by atoms with Gasteiger partial charge in [0.25, 0.3) is 5.56 Å². The summed E-state index contributed by atoms with van der Waals surface area (Å²) in [5.41, 5.74) is 2.50. The van der Waals surface area contributed by atoms with Crippen molar-refractivity contribution >= 4 is 5.91 Å². The Morgan fingerprint density at radius 3 is 2.37 bits per heavy atom. The first-order valence-electron chi connectivity index (χ1n) is 13.4. The summed E-state index contributed by atoms with van der Waals surface area (Å²) < 4.78 is 28.6. The second-order valence-electron chi connectivity index (χ2n) is 10.2. The molecule has 3 heterocycles. The summed E-state index contributed by atoms with van der Waals surface area (Å²) in [6.07, 6.45) is 3.82. The summed E-state index contributed by atoms with van der Waals surface area (Å²) >= 11 is 0. The molecule has 0 radical (unpaired) electrons. The van der Waals surface area contributed by atoms with E-state index in [1.54, 1.807) is 12.4 Å². The molecule has 0 aliphatic carbocycles. The highest BCUT2D eigenvalue weighted by molar-refractivity contribution is 5.76. The number of carbonyl (C=O) groups is 1. The van der Waals surface area contributed by atoms with Crippen LogP contribution in [0, 0.1) is 11.6 Å². The molecule has 4 aromatic rings. The minimum absolute atomic E-state index is 0.00356. The lowest BCUT2D eigenvalue weighted by Crippen LogP contribution is -2.45. The molecule has 0 saturated carbocycles. The fourth-order valence-corrected chi connectivity index (χ4v) is 4.61. The zero-order valence-electron chi connectivity index (χ0n) is 22.8. The van der Waals surface area contributed by atoms with Gasteiger partial charge in [-0.05, 0) is 36.9 Å². The third-order valence-electron chi connectivity index (χ3n) is 6.99. The van der Waals surface area contributed by atoms with Crippen molar-refractivity contribution in [2.75, 3.05) is 39.8 Å². The summed E-state index contributed by atoms with van der Waals surface area (Å²) in [4.78, 5) is 38.3. The highest BCUT2D eigenvalue weighted by atomic mass is 19.1. The van der Waals surface area contributed by atoms with Gasteiger partial charge in [0.05, 0.1) is 12.2 Å². The average Bonchev–Trinajstić information content (AvgIpc) is 2.97. The van der Waals surface area contributed by atoms with Crippen molar-refractivity contribution in [3.05, 3.63) is 100 Å². The maximum Gasteiger partial charge on any atom is 0.267 e. The van der Waals surface area contributed by atoms with E-state index in [2.05, 4.69) is 37.2 Å². The van der Waals surface area contributed by atoms with Crippen LogP contribution in [-0.2, 0) is 17.9 Å². The largest absolute Gasteiger partial charge is 0.352 e. The molecule has 0 unspecified atom stereocenters. The van der Waals surface area contributed by atoms with Crippen LogP contribution in [0.4, 0.5) is 8.78 Å². The lowest BCUT2D eigenvalue weighted by Gasteiger charge is -2.32. The number of benzene rings is 2. The lowest BCUT2D eigenvalue weighted by molar-refractivity contribution is -0.121. The number of hydrogen-bond donors (Lipinski definition) is 1. The maximum atomic E-state index is 13.7. The first-order chi connectivity index (χ1) is 19.8. The van der Waals surface area contributed by atoms with E-state index < -0.39 is 11.6 Å². The monoisotopic (exact) mass is 559 g/mol. The fraction of sp³-hybridized carbons (Fsp3) is 0.300. The smallest absolute Gasteiger partial charge is 0.267 e. The summed E-state index contributed by atoms with van der Waals surface area (Å²) in [5, 5.41) is 7.25. The molecule has 11 heteroatoms. The molecular formula is C30H31F2N7O2. The summed E-state index contributed by atoms with van der Waals surface area (Å²) in [7, 11) is 2.11. The molecule has 0 spiro atoms. The number of nitrogens with zero attached hydrogens (tertiary/aromatic N) is 6. The predicted molar refractivity (Wildman–Crippen MR) is 151 cm³/mol. The van der Waals surface area contributed by atoms with Gasteiger partial charge in [0.15, 0.2) is 5.82 Å². The van der Waals surface area contributed by atoms with E-state index >= 15 is 0 Å². The molecule has 2 aromatic heterocycles.